The lowest BCUT2D eigenvalue weighted by Gasteiger charge is -2.43. The molecule has 0 spiro atoms. The minimum absolute atomic E-state index is 0.106. The molecule has 2 aliphatic carbocycles. The summed E-state index contributed by atoms with van der Waals surface area (Å²) < 4.78 is 11.6. The Morgan fingerprint density at radius 3 is 2.68 bits per heavy atom. The number of fused-ring (bicyclic) bond motifs is 3. The van der Waals surface area contributed by atoms with Gasteiger partial charge in [0.15, 0.2) is 11.5 Å². The lowest BCUT2D eigenvalue weighted by molar-refractivity contribution is -0.128. The second-order valence-corrected chi connectivity index (χ2v) is 7.71. The van der Waals surface area contributed by atoms with Crippen molar-refractivity contribution in [3.63, 3.8) is 0 Å². The van der Waals surface area contributed by atoms with E-state index in [1.165, 1.54) is 19.3 Å². The van der Waals surface area contributed by atoms with Crippen LogP contribution in [-0.4, -0.2) is 25.2 Å². The molecule has 0 radical (unpaired) electrons. The Balaban J connectivity index is 1.39. The standard InChI is InChI=1S/C20H28N2O3/c21-18-13-4-1-5-14(18)11-16(10-13)20(23)22-12-15-6-2-7-17-19(15)25-9-3-8-24-17/h2,6-7,13-14,16,18H,1,3-5,8-12,21H2,(H,22,23). The number of carbonyl (C=O) groups excluding carboxylic acids is 1. The molecule has 25 heavy (non-hydrogen) atoms. The van der Waals surface area contributed by atoms with Gasteiger partial charge in [0, 0.05) is 30.5 Å². The summed E-state index contributed by atoms with van der Waals surface area (Å²) in [5.74, 6) is 2.87. The van der Waals surface area contributed by atoms with Crippen molar-refractivity contribution in [2.45, 2.75) is 51.1 Å². The number of benzene rings is 1. The molecule has 4 rings (SSSR count). The molecule has 5 nitrogen and oxygen atoms in total. The third-order valence-electron chi connectivity index (χ3n) is 6.09. The quantitative estimate of drug-likeness (QED) is 0.884. The van der Waals surface area contributed by atoms with E-state index in [-0.39, 0.29) is 11.8 Å². The van der Waals surface area contributed by atoms with Crippen LogP contribution in [0, 0.1) is 17.8 Å². The van der Waals surface area contributed by atoms with Gasteiger partial charge in [0.25, 0.3) is 0 Å². The van der Waals surface area contributed by atoms with Gasteiger partial charge in [-0.3, -0.25) is 4.79 Å². The van der Waals surface area contributed by atoms with Crippen molar-refractivity contribution < 1.29 is 14.3 Å². The van der Waals surface area contributed by atoms with Crippen molar-refractivity contribution in [2.75, 3.05) is 13.2 Å². The highest BCUT2D eigenvalue weighted by Gasteiger charge is 2.40. The van der Waals surface area contributed by atoms with E-state index in [1.54, 1.807) is 0 Å². The summed E-state index contributed by atoms with van der Waals surface area (Å²) in [5, 5.41) is 3.13. The van der Waals surface area contributed by atoms with Crippen molar-refractivity contribution in [3.8, 4) is 11.5 Å². The van der Waals surface area contributed by atoms with E-state index in [2.05, 4.69) is 5.32 Å². The molecular formula is C20H28N2O3. The number of amides is 1. The molecule has 1 amide bonds. The summed E-state index contributed by atoms with van der Waals surface area (Å²) in [5.41, 5.74) is 7.33. The molecule has 136 valence electrons. The predicted octanol–water partition coefficient (Wildman–Crippen LogP) is 2.62. The van der Waals surface area contributed by atoms with Gasteiger partial charge in [0.05, 0.1) is 13.2 Å². The average molecular weight is 344 g/mol. The number of hydrogen-bond donors (Lipinski definition) is 2. The number of nitrogens with one attached hydrogen (secondary N) is 1. The Kier molecular flexibility index (Phi) is 4.84. The number of hydrogen-bond acceptors (Lipinski definition) is 4. The van der Waals surface area contributed by atoms with Gasteiger partial charge in [0.1, 0.15) is 0 Å². The lowest BCUT2D eigenvalue weighted by atomic mass is 9.65. The third-order valence-corrected chi connectivity index (χ3v) is 6.09. The maximum absolute atomic E-state index is 12.7. The van der Waals surface area contributed by atoms with Crippen LogP contribution in [0.3, 0.4) is 0 Å². The highest BCUT2D eigenvalue weighted by atomic mass is 16.5. The first-order valence-corrected chi connectivity index (χ1v) is 9.63. The van der Waals surface area contributed by atoms with E-state index >= 15 is 0 Å². The van der Waals surface area contributed by atoms with E-state index < -0.39 is 0 Å². The molecule has 0 aromatic heterocycles. The topological polar surface area (TPSA) is 73.6 Å². The number of rotatable bonds is 3. The molecule has 5 heteroatoms. The summed E-state index contributed by atoms with van der Waals surface area (Å²) in [6.45, 7) is 1.82. The van der Waals surface area contributed by atoms with Gasteiger partial charge in [0.2, 0.25) is 5.91 Å². The highest BCUT2D eigenvalue weighted by Crippen LogP contribution is 2.42. The molecule has 1 aliphatic heterocycles. The zero-order valence-electron chi connectivity index (χ0n) is 14.7. The van der Waals surface area contributed by atoms with E-state index in [1.807, 2.05) is 18.2 Å². The Hall–Kier alpha value is -1.75. The second kappa shape index (κ2) is 7.24. The van der Waals surface area contributed by atoms with Gasteiger partial charge in [-0.15, -0.1) is 0 Å². The van der Waals surface area contributed by atoms with Gasteiger partial charge in [-0.1, -0.05) is 18.6 Å². The molecule has 2 fully saturated rings. The zero-order valence-corrected chi connectivity index (χ0v) is 14.7. The van der Waals surface area contributed by atoms with Crippen LogP contribution in [0.4, 0.5) is 0 Å². The molecular weight excluding hydrogens is 316 g/mol. The maximum Gasteiger partial charge on any atom is 0.223 e. The Bertz CT molecular complexity index is 619. The highest BCUT2D eigenvalue weighted by molar-refractivity contribution is 5.79. The first-order valence-electron chi connectivity index (χ1n) is 9.63. The van der Waals surface area contributed by atoms with Crippen LogP contribution in [0.15, 0.2) is 18.2 Å². The van der Waals surface area contributed by atoms with Crippen molar-refractivity contribution in [2.24, 2.45) is 23.5 Å². The number of nitrogens with two attached hydrogens (primary N) is 1. The van der Waals surface area contributed by atoms with E-state index in [9.17, 15) is 4.79 Å². The monoisotopic (exact) mass is 344 g/mol. The Morgan fingerprint density at radius 2 is 1.88 bits per heavy atom. The van der Waals surface area contributed by atoms with Crippen LogP contribution in [0.25, 0.3) is 0 Å². The maximum atomic E-state index is 12.7. The first kappa shape index (κ1) is 16.7. The zero-order chi connectivity index (χ0) is 17.2. The van der Waals surface area contributed by atoms with Crippen LogP contribution in [0.2, 0.25) is 0 Å². The smallest absolute Gasteiger partial charge is 0.223 e. The van der Waals surface area contributed by atoms with Crippen LogP contribution in [-0.2, 0) is 11.3 Å². The molecule has 0 saturated heterocycles. The summed E-state index contributed by atoms with van der Waals surface area (Å²) in [6.07, 6.45) is 6.39. The van der Waals surface area contributed by atoms with Crippen molar-refractivity contribution in [3.05, 3.63) is 23.8 Å². The number of carbonyl (C=O) groups is 1. The Labute approximate surface area is 149 Å². The molecule has 2 saturated carbocycles. The SMILES string of the molecule is NC1C2CCCC1CC(C(=O)NCc1cccc3c1OCCCO3)C2. The van der Waals surface area contributed by atoms with Crippen molar-refractivity contribution >= 4 is 5.91 Å². The molecule has 3 N–H and O–H groups in total. The molecule has 1 aromatic rings. The van der Waals surface area contributed by atoms with Crippen molar-refractivity contribution in [1.29, 1.82) is 0 Å². The number of ether oxygens (including phenoxy) is 2. The Morgan fingerprint density at radius 1 is 1.12 bits per heavy atom. The third kappa shape index (κ3) is 3.47. The van der Waals surface area contributed by atoms with Crippen LogP contribution >= 0.6 is 0 Å². The largest absolute Gasteiger partial charge is 0.490 e. The van der Waals surface area contributed by atoms with E-state index in [0.29, 0.717) is 37.6 Å². The van der Waals surface area contributed by atoms with Gasteiger partial charge >= 0.3 is 0 Å². The van der Waals surface area contributed by atoms with Gasteiger partial charge in [-0.25, -0.2) is 0 Å². The fourth-order valence-electron chi connectivity index (χ4n) is 4.72. The summed E-state index contributed by atoms with van der Waals surface area (Å²) in [7, 11) is 0. The predicted molar refractivity (Wildman–Crippen MR) is 95.4 cm³/mol. The van der Waals surface area contributed by atoms with Gasteiger partial charge in [-0.2, -0.15) is 0 Å². The molecule has 2 atom stereocenters. The van der Waals surface area contributed by atoms with E-state index in [4.69, 9.17) is 15.2 Å². The molecule has 1 heterocycles. The summed E-state index contributed by atoms with van der Waals surface area (Å²) >= 11 is 0. The summed E-state index contributed by atoms with van der Waals surface area (Å²) in [4.78, 5) is 12.7. The fourth-order valence-corrected chi connectivity index (χ4v) is 4.72. The normalized spacial score (nSPS) is 31.1. The first-order chi connectivity index (χ1) is 12.2. The van der Waals surface area contributed by atoms with Gasteiger partial charge < -0.3 is 20.5 Å². The molecule has 3 aliphatic rings. The summed E-state index contributed by atoms with van der Waals surface area (Å²) in [6, 6.07) is 6.18. The minimum Gasteiger partial charge on any atom is -0.490 e. The van der Waals surface area contributed by atoms with Crippen LogP contribution < -0.4 is 20.5 Å². The van der Waals surface area contributed by atoms with Gasteiger partial charge in [-0.05, 0) is 43.6 Å². The lowest BCUT2D eigenvalue weighted by Crippen LogP contribution is -2.49. The number of para-hydroxylation sites is 1. The van der Waals surface area contributed by atoms with Crippen LogP contribution in [0.5, 0.6) is 11.5 Å². The molecule has 2 bridgehead atoms. The van der Waals surface area contributed by atoms with E-state index in [0.717, 1.165) is 36.3 Å². The fraction of sp³-hybridized carbons (Fsp3) is 0.650. The van der Waals surface area contributed by atoms with Crippen LogP contribution in [0.1, 0.15) is 44.1 Å². The average Bonchev–Trinajstić information content (AvgIpc) is 2.85. The molecule has 1 aromatic carbocycles. The second-order valence-electron chi connectivity index (χ2n) is 7.71. The van der Waals surface area contributed by atoms with Crippen molar-refractivity contribution in [1.82, 2.24) is 5.32 Å². The minimum atomic E-state index is 0.106. The molecule has 2 unspecified atom stereocenters.